The lowest BCUT2D eigenvalue weighted by Crippen LogP contribution is -2.21. The maximum absolute atomic E-state index is 12.6. The first-order valence-corrected chi connectivity index (χ1v) is 4.64. The average molecular weight is 202 g/mol. The molecule has 0 unspecified atom stereocenters. The molecule has 3 heteroatoms. The van der Waals surface area contributed by atoms with Crippen LogP contribution >= 0.6 is 11.6 Å². The molecule has 1 N–H and O–H groups in total. The SMILES string of the molecule is CC(C)NCc1ccc(F)cc1Cl. The first-order valence-electron chi connectivity index (χ1n) is 4.27. The molecule has 13 heavy (non-hydrogen) atoms. The van der Waals surface area contributed by atoms with Crippen LogP contribution in [0.5, 0.6) is 0 Å². The standard InChI is InChI=1S/C10H13ClFN/c1-7(2)13-6-8-3-4-9(12)5-10(8)11/h3-5,7,13H,6H2,1-2H3. The first kappa shape index (κ1) is 10.5. The molecule has 0 amide bonds. The van der Waals surface area contributed by atoms with E-state index in [9.17, 15) is 4.39 Å². The lowest BCUT2D eigenvalue weighted by Gasteiger charge is -2.09. The van der Waals surface area contributed by atoms with E-state index in [1.165, 1.54) is 12.1 Å². The van der Waals surface area contributed by atoms with Crippen LogP contribution in [0.1, 0.15) is 19.4 Å². The van der Waals surface area contributed by atoms with E-state index in [0.29, 0.717) is 17.6 Å². The van der Waals surface area contributed by atoms with Gasteiger partial charge in [-0.25, -0.2) is 4.39 Å². The van der Waals surface area contributed by atoms with E-state index in [4.69, 9.17) is 11.6 Å². The Hall–Kier alpha value is -0.600. The van der Waals surface area contributed by atoms with E-state index < -0.39 is 0 Å². The zero-order valence-electron chi connectivity index (χ0n) is 7.77. The quantitative estimate of drug-likeness (QED) is 0.793. The summed E-state index contributed by atoms with van der Waals surface area (Å²) in [5, 5.41) is 3.69. The van der Waals surface area contributed by atoms with Crippen LogP contribution in [0.4, 0.5) is 4.39 Å². The molecule has 0 fully saturated rings. The van der Waals surface area contributed by atoms with Gasteiger partial charge in [-0.2, -0.15) is 0 Å². The highest BCUT2D eigenvalue weighted by molar-refractivity contribution is 6.31. The summed E-state index contributed by atoms with van der Waals surface area (Å²) in [6, 6.07) is 4.86. The van der Waals surface area contributed by atoms with Crippen LogP contribution in [0, 0.1) is 5.82 Å². The normalized spacial score (nSPS) is 10.8. The van der Waals surface area contributed by atoms with Crippen LogP contribution in [0.3, 0.4) is 0 Å². The molecule has 0 bridgehead atoms. The third kappa shape index (κ3) is 3.33. The van der Waals surface area contributed by atoms with E-state index in [1.807, 2.05) is 0 Å². The van der Waals surface area contributed by atoms with Crippen LogP contribution in [0.15, 0.2) is 18.2 Å². The van der Waals surface area contributed by atoms with Crippen molar-refractivity contribution in [1.82, 2.24) is 5.32 Å². The second-order valence-electron chi connectivity index (χ2n) is 3.27. The number of rotatable bonds is 3. The third-order valence-corrected chi connectivity index (χ3v) is 2.07. The summed E-state index contributed by atoms with van der Waals surface area (Å²) in [7, 11) is 0. The van der Waals surface area contributed by atoms with Crippen LogP contribution in [-0.4, -0.2) is 6.04 Å². The molecule has 0 aliphatic carbocycles. The molecule has 0 radical (unpaired) electrons. The van der Waals surface area contributed by atoms with E-state index in [1.54, 1.807) is 6.07 Å². The fourth-order valence-electron chi connectivity index (χ4n) is 0.979. The van der Waals surface area contributed by atoms with E-state index in [-0.39, 0.29) is 5.82 Å². The molecule has 0 atom stereocenters. The van der Waals surface area contributed by atoms with Crippen LogP contribution in [0.25, 0.3) is 0 Å². The molecule has 0 aliphatic heterocycles. The first-order chi connectivity index (χ1) is 6.09. The van der Waals surface area contributed by atoms with Crippen molar-refractivity contribution in [3.63, 3.8) is 0 Å². The summed E-state index contributed by atoms with van der Waals surface area (Å²) in [4.78, 5) is 0. The van der Waals surface area contributed by atoms with Gasteiger partial charge in [0.15, 0.2) is 0 Å². The lowest BCUT2D eigenvalue weighted by atomic mass is 10.2. The summed E-state index contributed by atoms with van der Waals surface area (Å²) < 4.78 is 12.6. The topological polar surface area (TPSA) is 12.0 Å². The minimum absolute atomic E-state index is 0.293. The summed E-state index contributed by atoms with van der Waals surface area (Å²) in [5.41, 5.74) is 0.928. The average Bonchev–Trinajstić information content (AvgIpc) is 2.02. The highest BCUT2D eigenvalue weighted by Crippen LogP contribution is 2.16. The van der Waals surface area contributed by atoms with Crippen molar-refractivity contribution in [2.75, 3.05) is 0 Å². The second kappa shape index (κ2) is 4.58. The van der Waals surface area contributed by atoms with Gasteiger partial charge in [0.25, 0.3) is 0 Å². The summed E-state index contributed by atoms with van der Waals surface area (Å²) in [6.07, 6.45) is 0. The third-order valence-electron chi connectivity index (χ3n) is 1.72. The van der Waals surface area contributed by atoms with Crippen molar-refractivity contribution in [2.45, 2.75) is 26.4 Å². The van der Waals surface area contributed by atoms with Gasteiger partial charge in [-0.3, -0.25) is 0 Å². The van der Waals surface area contributed by atoms with Crippen molar-refractivity contribution in [3.05, 3.63) is 34.6 Å². The molecule has 0 spiro atoms. The Morgan fingerprint density at radius 3 is 2.69 bits per heavy atom. The summed E-state index contributed by atoms with van der Waals surface area (Å²) in [6.45, 7) is 4.78. The summed E-state index contributed by atoms with van der Waals surface area (Å²) >= 11 is 5.83. The van der Waals surface area contributed by atoms with Gasteiger partial charge in [0.05, 0.1) is 0 Å². The van der Waals surface area contributed by atoms with Gasteiger partial charge in [-0.1, -0.05) is 31.5 Å². The predicted octanol–water partition coefficient (Wildman–Crippen LogP) is 2.98. The molecular formula is C10H13ClFN. The highest BCUT2D eigenvalue weighted by Gasteiger charge is 2.01. The Bertz CT molecular complexity index is 286. The molecule has 0 saturated carbocycles. The smallest absolute Gasteiger partial charge is 0.124 e. The van der Waals surface area contributed by atoms with E-state index >= 15 is 0 Å². The number of hydrogen-bond acceptors (Lipinski definition) is 1. The lowest BCUT2D eigenvalue weighted by molar-refractivity contribution is 0.586. The minimum Gasteiger partial charge on any atom is -0.310 e. The summed E-state index contributed by atoms with van der Waals surface area (Å²) in [5.74, 6) is -0.293. The fourth-order valence-corrected chi connectivity index (χ4v) is 1.21. The Kier molecular flexibility index (Phi) is 3.70. The molecule has 1 nitrogen and oxygen atoms in total. The maximum Gasteiger partial charge on any atom is 0.124 e. The molecular weight excluding hydrogens is 189 g/mol. The maximum atomic E-state index is 12.6. The van der Waals surface area contributed by atoms with Gasteiger partial charge in [0.2, 0.25) is 0 Å². The number of nitrogens with one attached hydrogen (secondary N) is 1. The zero-order chi connectivity index (χ0) is 9.84. The monoisotopic (exact) mass is 201 g/mol. The Morgan fingerprint density at radius 1 is 1.46 bits per heavy atom. The molecule has 1 aromatic carbocycles. The van der Waals surface area contributed by atoms with Crippen molar-refractivity contribution in [2.24, 2.45) is 0 Å². The Morgan fingerprint density at radius 2 is 2.15 bits per heavy atom. The molecule has 72 valence electrons. The number of benzene rings is 1. The van der Waals surface area contributed by atoms with Gasteiger partial charge in [-0.15, -0.1) is 0 Å². The zero-order valence-corrected chi connectivity index (χ0v) is 8.53. The minimum atomic E-state index is -0.293. The fraction of sp³-hybridized carbons (Fsp3) is 0.400. The molecule has 1 rings (SSSR count). The largest absolute Gasteiger partial charge is 0.310 e. The van der Waals surface area contributed by atoms with Crippen molar-refractivity contribution in [1.29, 1.82) is 0 Å². The molecule has 0 aromatic heterocycles. The van der Waals surface area contributed by atoms with Crippen LogP contribution in [0.2, 0.25) is 5.02 Å². The molecule has 1 aromatic rings. The molecule has 0 heterocycles. The second-order valence-corrected chi connectivity index (χ2v) is 3.68. The highest BCUT2D eigenvalue weighted by atomic mass is 35.5. The van der Waals surface area contributed by atoms with Crippen molar-refractivity contribution < 1.29 is 4.39 Å². The van der Waals surface area contributed by atoms with Gasteiger partial charge in [0.1, 0.15) is 5.82 Å². The van der Waals surface area contributed by atoms with Crippen LogP contribution in [-0.2, 0) is 6.54 Å². The number of halogens is 2. The van der Waals surface area contributed by atoms with Crippen LogP contribution < -0.4 is 5.32 Å². The van der Waals surface area contributed by atoms with E-state index in [2.05, 4.69) is 19.2 Å². The van der Waals surface area contributed by atoms with E-state index in [0.717, 1.165) is 5.56 Å². The molecule has 0 saturated heterocycles. The Balaban J connectivity index is 2.67. The van der Waals surface area contributed by atoms with Gasteiger partial charge < -0.3 is 5.32 Å². The molecule has 0 aliphatic rings. The van der Waals surface area contributed by atoms with Gasteiger partial charge >= 0.3 is 0 Å². The predicted molar refractivity (Wildman–Crippen MR) is 53.4 cm³/mol. The number of hydrogen-bond donors (Lipinski definition) is 1. The van der Waals surface area contributed by atoms with Crippen molar-refractivity contribution in [3.8, 4) is 0 Å². The van der Waals surface area contributed by atoms with Crippen molar-refractivity contribution >= 4 is 11.6 Å². The van der Waals surface area contributed by atoms with Gasteiger partial charge in [0, 0.05) is 17.6 Å². The van der Waals surface area contributed by atoms with Gasteiger partial charge in [-0.05, 0) is 17.7 Å². The Labute approximate surface area is 82.9 Å².